The first-order chi connectivity index (χ1) is 8.40. The molecule has 0 aromatic rings. The Morgan fingerprint density at radius 3 is 2.50 bits per heavy atom. The van der Waals surface area contributed by atoms with Gasteiger partial charge in [0.2, 0.25) is 0 Å². The van der Waals surface area contributed by atoms with E-state index in [0.717, 1.165) is 24.8 Å². The summed E-state index contributed by atoms with van der Waals surface area (Å²) < 4.78 is 0. The summed E-state index contributed by atoms with van der Waals surface area (Å²) >= 11 is 0. The number of allylic oxidation sites excluding steroid dienone is 1. The normalized spacial score (nSPS) is 29.3. The minimum atomic E-state index is 0.389. The van der Waals surface area contributed by atoms with E-state index in [1.807, 2.05) is 0 Å². The van der Waals surface area contributed by atoms with E-state index >= 15 is 0 Å². The zero-order valence-corrected chi connectivity index (χ0v) is 13.2. The maximum absolute atomic E-state index is 4.22. The maximum atomic E-state index is 4.22. The number of rotatable bonds is 6. The molecule has 1 saturated carbocycles. The van der Waals surface area contributed by atoms with E-state index < -0.39 is 0 Å². The van der Waals surface area contributed by atoms with E-state index in [-0.39, 0.29) is 0 Å². The van der Waals surface area contributed by atoms with Gasteiger partial charge in [-0.25, -0.2) is 0 Å². The molecule has 0 bridgehead atoms. The van der Waals surface area contributed by atoms with Crippen LogP contribution >= 0.6 is 0 Å². The standard InChI is InChI=1S/C17H33N/c1-7-13(3)12-17(5,6)15-10-9-14(4)11-16(15)18-8-2/h14-16,18H,3,7-12H2,1-2,4-6H3. The van der Waals surface area contributed by atoms with Gasteiger partial charge >= 0.3 is 0 Å². The second-order valence-electron chi connectivity index (χ2n) is 6.96. The minimum absolute atomic E-state index is 0.389. The summed E-state index contributed by atoms with van der Waals surface area (Å²) in [4.78, 5) is 0. The van der Waals surface area contributed by atoms with Crippen LogP contribution in [-0.4, -0.2) is 12.6 Å². The minimum Gasteiger partial charge on any atom is -0.314 e. The van der Waals surface area contributed by atoms with E-state index in [1.54, 1.807) is 0 Å². The van der Waals surface area contributed by atoms with Crippen molar-refractivity contribution in [2.75, 3.05) is 6.54 Å². The first-order valence-corrected chi connectivity index (χ1v) is 7.80. The fourth-order valence-electron chi connectivity index (χ4n) is 3.70. The molecule has 1 fully saturated rings. The molecule has 3 atom stereocenters. The SMILES string of the molecule is C=C(CC)CC(C)(C)C1CCC(C)CC1NCC. The van der Waals surface area contributed by atoms with Crippen LogP contribution in [0.25, 0.3) is 0 Å². The summed E-state index contributed by atoms with van der Waals surface area (Å²) in [5, 5.41) is 3.73. The van der Waals surface area contributed by atoms with Gasteiger partial charge in [-0.3, -0.25) is 0 Å². The molecule has 0 aromatic carbocycles. The molecule has 0 spiro atoms. The Balaban J connectivity index is 2.73. The molecule has 0 saturated heterocycles. The third kappa shape index (κ3) is 4.12. The molecule has 0 aliphatic heterocycles. The van der Waals surface area contributed by atoms with Crippen molar-refractivity contribution < 1.29 is 0 Å². The van der Waals surface area contributed by atoms with Gasteiger partial charge < -0.3 is 5.32 Å². The van der Waals surface area contributed by atoms with Crippen molar-refractivity contribution in [2.24, 2.45) is 17.3 Å². The third-order valence-corrected chi connectivity index (χ3v) is 4.79. The summed E-state index contributed by atoms with van der Waals surface area (Å²) in [7, 11) is 0. The van der Waals surface area contributed by atoms with Gasteiger partial charge in [0, 0.05) is 6.04 Å². The Kier molecular flexibility index (Phi) is 5.91. The lowest BCUT2D eigenvalue weighted by atomic mass is 9.64. The molecule has 1 aliphatic rings. The second-order valence-corrected chi connectivity index (χ2v) is 6.96. The summed E-state index contributed by atoms with van der Waals surface area (Å²) in [6.45, 7) is 17.1. The number of hydrogen-bond acceptors (Lipinski definition) is 1. The first kappa shape index (κ1) is 15.8. The molecular weight excluding hydrogens is 218 g/mol. The second kappa shape index (κ2) is 6.75. The first-order valence-electron chi connectivity index (χ1n) is 7.80. The topological polar surface area (TPSA) is 12.0 Å². The molecule has 0 aromatic heterocycles. The highest BCUT2D eigenvalue weighted by atomic mass is 14.9. The van der Waals surface area contributed by atoms with Crippen LogP contribution in [-0.2, 0) is 0 Å². The Labute approximate surface area is 114 Å². The van der Waals surface area contributed by atoms with E-state index in [9.17, 15) is 0 Å². The summed E-state index contributed by atoms with van der Waals surface area (Å²) in [5.74, 6) is 1.69. The van der Waals surface area contributed by atoms with E-state index in [4.69, 9.17) is 0 Å². The van der Waals surface area contributed by atoms with Gasteiger partial charge in [-0.2, -0.15) is 0 Å². The van der Waals surface area contributed by atoms with Gasteiger partial charge in [-0.1, -0.05) is 53.2 Å². The van der Waals surface area contributed by atoms with Gasteiger partial charge in [0.25, 0.3) is 0 Å². The zero-order chi connectivity index (χ0) is 13.8. The predicted octanol–water partition coefficient (Wildman–Crippen LogP) is 4.78. The van der Waals surface area contributed by atoms with Crippen molar-refractivity contribution >= 4 is 0 Å². The molecule has 0 amide bonds. The zero-order valence-electron chi connectivity index (χ0n) is 13.2. The molecule has 1 rings (SSSR count). The molecular formula is C17H33N. The maximum Gasteiger partial charge on any atom is 0.0103 e. The molecule has 106 valence electrons. The Bertz CT molecular complexity index is 267. The summed E-state index contributed by atoms with van der Waals surface area (Å²) in [5.41, 5.74) is 1.80. The van der Waals surface area contributed by atoms with Crippen LogP contribution in [0, 0.1) is 17.3 Å². The number of hydrogen-bond donors (Lipinski definition) is 1. The Hall–Kier alpha value is -0.300. The van der Waals surface area contributed by atoms with Crippen LogP contribution in [0.2, 0.25) is 0 Å². The van der Waals surface area contributed by atoms with Crippen LogP contribution in [0.3, 0.4) is 0 Å². The fourth-order valence-corrected chi connectivity index (χ4v) is 3.70. The Morgan fingerprint density at radius 2 is 1.94 bits per heavy atom. The lowest BCUT2D eigenvalue weighted by Gasteiger charge is -2.45. The average molecular weight is 251 g/mol. The third-order valence-electron chi connectivity index (χ3n) is 4.79. The molecule has 1 aliphatic carbocycles. The molecule has 1 N–H and O–H groups in total. The molecule has 18 heavy (non-hydrogen) atoms. The van der Waals surface area contributed by atoms with E-state index in [0.29, 0.717) is 11.5 Å². The molecule has 3 unspecified atom stereocenters. The van der Waals surface area contributed by atoms with Crippen LogP contribution in [0.15, 0.2) is 12.2 Å². The smallest absolute Gasteiger partial charge is 0.0103 e. The van der Waals surface area contributed by atoms with Crippen LogP contribution < -0.4 is 5.32 Å². The fraction of sp³-hybridized carbons (Fsp3) is 0.882. The van der Waals surface area contributed by atoms with Crippen molar-refractivity contribution in [1.29, 1.82) is 0 Å². The van der Waals surface area contributed by atoms with Crippen molar-refractivity contribution in [1.82, 2.24) is 5.32 Å². The van der Waals surface area contributed by atoms with Crippen molar-refractivity contribution in [2.45, 2.75) is 72.8 Å². The van der Waals surface area contributed by atoms with Crippen molar-refractivity contribution in [3.05, 3.63) is 12.2 Å². The predicted molar refractivity (Wildman–Crippen MR) is 81.8 cm³/mol. The molecule has 0 radical (unpaired) electrons. The highest BCUT2D eigenvalue weighted by Crippen LogP contribution is 2.43. The molecule has 1 heteroatoms. The molecule has 1 nitrogen and oxygen atoms in total. The Morgan fingerprint density at radius 1 is 1.28 bits per heavy atom. The van der Waals surface area contributed by atoms with Gasteiger partial charge in [0.1, 0.15) is 0 Å². The average Bonchev–Trinajstić information content (AvgIpc) is 2.28. The molecule has 0 heterocycles. The summed E-state index contributed by atoms with van der Waals surface area (Å²) in [6, 6.07) is 0.707. The van der Waals surface area contributed by atoms with Gasteiger partial charge in [-0.15, -0.1) is 0 Å². The van der Waals surface area contributed by atoms with E-state index in [1.165, 1.54) is 31.3 Å². The highest BCUT2D eigenvalue weighted by molar-refractivity contribution is 5.02. The van der Waals surface area contributed by atoms with Crippen LogP contribution in [0.1, 0.15) is 66.7 Å². The van der Waals surface area contributed by atoms with E-state index in [2.05, 4.69) is 46.5 Å². The van der Waals surface area contributed by atoms with Gasteiger partial charge in [-0.05, 0) is 49.5 Å². The quantitative estimate of drug-likeness (QED) is 0.670. The van der Waals surface area contributed by atoms with Crippen LogP contribution in [0.5, 0.6) is 0 Å². The van der Waals surface area contributed by atoms with Crippen molar-refractivity contribution in [3.63, 3.8) is 0 Å². The summed E-state index contributed by atoms with van der Waals surface area (Å²) in [6.07, 6.45) is 6.43. The van der Waals surface area contributed by atoms with Gasteiger partial charge in [0.15, 0.2) is 0 Å². The lowest BCUT2D eigenvalue weighted by Crippen LogP contribution is -2.46. The monoisotopic (exact) mass is 251 g/mol. The highest BCUT2D eigenvalue weighted by Gasteiger charge is 2.38. The van der Waals surface area contributed by atoms with Crippen molar-refractivity contribution in [3.8, 4) is 0 Å². The lowest BCUT2D eigenvalue weighted by molar-refractivity contribution is 0.0945. The van der Waals surface area contributed by atoms with Crippen LogP contribution in [0.4, 0.5) is 0 Å². The number of nitrogens with one attached hydrogen (secondary N) is 1. The largest absolute Gasteiger partial charge is 0.314 e. The van der Waals surface area contributed by atoms with Gasteiger partial charge in [0.05, 0.1) is 0 Å².